The SMILES string of the molecule is COC(=O)N[C@H]1CCC[C@@H]1[C@](CN1CCC1)(c1cccc(F)c1)C1CCN(CC2(F)CN(c3ccc(S(=O)(=O)c4ccc(C(N)=O)c(F)c4)cc3F)C2)CC1. The number of piperidine rings is 1. The Hall–Kier alpha value is -4.21. The third kappa shape index (κ3) is 7.67. The predicted octanol–water partition coefficient (Wildman–Crippen LogP) is 5.44. The van der Waals surface area contributed by atoms with Gasteiger partial charge in [-0.3, -0.25) is 9.69 Å². The van der Waals surface area contributed by atoms with Gasteiger partial charge in [0.15, 0.2) is 5.67 Å². The fourth-order valence-electron chi connectivity index (χ4n) is 9.56. The number of hydrogen-bond donors (Lipinski definition) is 2. The average molecular weight is 786 g/mol. The maximum atomic E-state index is 16.2. The Kier molecular flexibility index (Phi) is 10.9. The quantitative estimate of drug-likeness (QED) is 0.233. The van der Waals surface area contributed by atoms with Gasteiger partial charge in [-0.1, -0.05) is 18.6 Å². The van der Waals surface area contributed by atoms with Gasteiger partial charge in [-0.2, -0.15) is 0 Å². The maximum absolute atomic E-state index is 16.2. The van der Waals surface area contributed by atoms with Crippen LogP contribution in [0.25, 0.3) is 0 Å². The molecular formula is C40H47F4N5O5S. The normalized spacial score (nSPS) is 23.0. The second-order valence-corrected chi connectivity index (χ2v) is 17.6. The number of carbonyl (C=O) groups excluding carboxylic acids is 2. The highest BCUT2D eigenvalue weighted by Crippen LogP contribution is 2.52. The van der Waals surface area contributed by atoms with Gasteiger partial charge >= 0.3 is 6.09 Å². The Morgan fingerprint density at radius 3 is 2.18 bits per heavy atom. The molecule has 1 aliphatic carbocycles. The number of sulfone groups is 1. The van der Waals surface area contributed by atoms with E-state index < -0.39 is 59.9 Å². The number of ether oxygens (including phenoxy) is 1. The lowest BCUT2D eigenvalue weighted by Gasteiger charge is -2.54. The van der Waals surface area contributed by atoms with Crippen LogP contribution in [0.5, 0.6) is 0 Å². The molecule has 55 heavy (non-hydrogen) atoms. The summed E-state index contributed by atoms with van der Waals surface area (Å²) in [6.45, 7) is 3.90. The first-order valence-electron chi connectivity index (χ1n) is 18.9. The number of alkyl halides is 1. The van der Waals surface area contributed by atoms with Gasteiger partial charge in [-0.15, -0.1) is 0 Å². The predicted molar refractivity (Wildman–Crippen MR) is 198 cm³/mol. The van der Waals surface area contributed by atoms with Crippen LogP contribution in [0.15, 0.2) is 70.5 Å². The van der Waals surface area contributed by atoms with Crippen molar-refractivity contribution in [2.24, 2.45) is 17.6 Å². The molecular weight excluding hydrogens is 739 g/mol. The molecule has 7 rings (SSSR count). The number of nitrogens with zero attached hydrogens (tertiary/aromatic N) is 3. The first-order chi connectivity index (χ1) is 26.2. The van der Waals surface area contributed by atoms with E-state index in [1.54, 1.807) is 12.1 Å². The van der Waals surface area contributed by atoms with Crippen LogP contribution >= 0.6 is 0 Å². The molecule has 296 valence electrons. The molecule has 0 unspecified atom stereocenters. The molecule has 3 aromatic carbocycles. The van der Waals surface area contributed by atoms with Crippen LogP contribution in [-0.4, -0.2) is 101 Å². The molecule has 3 N–H and O–H groups in total. The minimum Gasteiger partial charge on any atom is -0.453 e. The molecule has 3 atom stereocenters. The highest BCUT2D eigenvalue weighted by molar-refractivity contribution is 7.91. The zero-order valence-electron chi connectivity index (χ0n) is 30.8. The molecule has 1 saturated carbocycles. The molecule has 0 spiro atoms. The van der Waals surface area contributed by atoms with Crippen molar-refractivity contribution in [3.8, 4) is 0 Å². The number of carbonyl (C=O) groups is 2. The molecule has 10 nitrogen and oxygen atoms in total. The smallest absolute Gasteiger partial charge is 0.407 e. The third-order valence-corrected chi connectivity index (χ3v) is 14.1. The van der Waals surface area contributed by atoms with Crippen molar-refractivity contribution in [3.05, 3.63) is 89.2 Å². The van der Waals surface area contributed by atoms with E-state index in [0.717, 1.165) is 81.9 Å². The van der Waals surface area contributed by atoms with Gasteiger partial charge in [0.2, 0.25) is 9.84 Å². The number of nitrogens with two attached hydrogens (primary N) is 1. The number of anilines is 1. The standard InChI is InChI=1S/C40H47F4N5O5S/c1-54-38(51)46-35-8-3-7-32(35)40(25-47-15-4-16-47,27-5-2-6-28(41)19-27)26-13-17-48(18-14-26)22-39(44)23-49(24-39)36-12-10-30(21-34(36)43)55(52,53)29-9-11-31(37(45)50)33(42)20-29/h2,5-6,9-12,19-21,26,32,35H,3-4,7-8,13-18,22-25H2,1H3,(H2,45,50)(H,46,51)/t32-,35-,40-/m0/s1. The number of methoxy groups -OCH3 is 1. The third-order valence-electron chi connectivity index (χ3n) is 12.3. The van der Waals surface area contributed by atoms with Crippen LogP contribution < -0.4 is 16.0 Å². The second-order valence-electron chi connectivity index (χ2n) is 15.6. The summed E-state index contributed by atoms with van der Waals surface area (Å²) < 4.78 is 92.2. The van der Waals surface area contributed by atoms with Gasteiger partial charge in [-0.25, -0.2) is 30.8 Å². The number of primary amides is 1. The summed E-state index contributed by atoms with van der Waals surface area (Å²) in [6.07, 6.45) is 4.76. The number of benzene rings is 3. The van der Waals surface area contributed by atoms with Crippen LogP contribution in [-0.2, 0) is 20.0 Å². The van der Waals surface area contributed by atoms with Gasteiger partial charge < -0.3 is 25.6 Å². The highest BCUT2D eigenvalue weighted by atomic mass is 32.2. The molecule has 15 heteroatoms. The summed E-state index contributed by atoms with van der Waals surface area (Å²) in [7, 11) is -2.98. The molecule has 4 aliphatic rings. The monoisotopic (exact) mass is 785 g/mol. The molecule has 3 aromatic rings. The number of halogens is 4. The Morgan fingerprint density at radius 1 is 0.891 bits per heavy atom. The molecule has 3 aliphatic heterocycles. The van der Waals surface area contributed by atoms with Gasteiger partial charge in [0.1, 0.15) is 17.5 Å². The number of alkyl carbamates (subject to hydrolysis) is 1. The molecule has 3 saturated heterocycles. The van der Waals surface area contributed by atoms with E-state index in [1.165, 1.54) is 30.2 Å². The lowest BCUT2D eigenvalue weighted by molar-refractivity contribution is 0.00575. The van der Waals surface area contributed by atoms with Crippen molar-refractivity contribution < 1.29 is 40.3 Å². The number of amides is 2. The molecule has 0 bridgehead atoms. The van der Waals surface area contributed by atoms with Gasteiger partial charge in [0, 0.05) is 24.5 Å². The minimum absolute atomic E-state index is 0.0538. The number of rotatable bonds is 12. The molecule has 2 amide bonds. The Balaban J connectivity index is 1.03. The highest BCUT2D eigenvalue weighted by Gasteiger charge is 2.54. The van der Waals surface area contributed by atoms with Crippen molar-refractivity contribution in [2.45, 2.75) is 65.4 Å². The zero-order valence-corrected chi connectivity index (χ0v) is 31.6. The van der Waals surface area contributed by atoms with Crippen molar-refractivity contribution in [1.82, 2.24) is 15.1 Å². The van der Waals surface area contributed by atoms with E-state index in [9.17, 15) is 26.8 Å². The van der Waals surface area contributed by atoms with Crippen molar-refractivity contribution in [3.63, 3.8) is 0 Å². The molecule has 4 fully saturated rings. The summed E-state index contributed by atoms with van der Waals surface area (Å²) in [5.74, 6) is -3.12. The van der Waals surface area contributed by atoms with Crippen LogP contribution in [0.2, 0.25) is 0 Å². The van der Waals surface area contributed by atoms with E-state index in [0.29, 0.717) is 19.2 Å². The Morgan fingerprint density at radius 2 is 1.58 bits per heavy atom. The number of hydrogen-bond acceptors (Lipinski definition) is 8. The van der Waals surface area contributed by atoms with Gasteiger partial charge in [-0.05, 0) is 124 Å². The fraction of sp³-hybridized carbons (Fsp3) is 0.500. The van der Waals surface area contributed by atoms with Gasteiger partial charge in [0.05, 0.1) is 41.2 Å². The largest absolute Gasteiger partial charge is 0.453 e. The minimum atomic E-state index is -4.33. The Bertz CT molecular complexity index is 2040. The summed E-state index contributed by atoms with van der Waals surface area (Å²) in [5, 5.41) is 3.10. The molecule has 0 aromatic heterocycles. The number of nitrogens with one attached hydrogen (secondary N) is 1. The van der Waals surface area contributed by atoms with Crippen molar-refractivity contribution in [2.75, 3.05) is 64.4 Å². The van der Waals surface area contributed by atoms with Gasteiger partial charge in [0.25, 0.3) is 5.91 Å². The second kappa shape index (κ2) is 15.4. The fourth-order valence-corrected chi connectivity index (χ4v) is 10.8. The molecule has 0 radical (unpaired) electrons. The molecule has 3 heterocycles. The van der Waals surface area contributed by atoms with E-state index in [2.05, 4.69) is 15.1 Å². The van der Waals surface area contributed by atoms with E-state index in [-0.39, 0.29) is 49.0 Å². The van der Waals surface area contributed by atoms with Crippen molar-refractivity contribution in [1.29, 1.82) is 0 Å². The first kappa shape index (κ1) is 39.0. The van der Waals surface area contributed by atoms with E-state index in [1.807, 2.05) is 6.07 Å². The van der Waals surface area contributed by atoms with Crippen LogP contribution in [0.3, 0.4) is 0 Å². The summed E-state index contributed by atoms with van der Waals surface area (Å²) in [5.41, 5.74) is 3.56. The summed E-state index contributed by atoms with van der Waals surface area (Å²) >= 11 is 0. The van der Waals surface area contributed by atoms with Crippen LogP contribution in [0.4, 0.5) is 28.0 Å². The van der Waals surface area contributed by atoms with Crippen LogP contribution in [0.1, 0.15) is 54.4 Å². The number of likely N-dealkylation sites (tertiary alicyclic amines) is 2. The van der Waals surface area contributed by atoms with E-state index in [4.69, 9.17) is 10.5 Å². The Labute approximate surface area is 318 Å². The maximum Gasteiger partial charge on any atom is 0.407 e. The lowest BCUT2D eigenvalue weighted by atomic mass is 9.57. The van der Waals surface area contributed by atoms with Crippen molar-refractivity contribution >= 4 is 27.5 Å². The van der Waals surface area contributed by atoms with E-state index >= 15 is 8.78 Å². The average Bonchev–Trinajstić information content (AvgIpc) is 3.58. The zero-order chi connectivity index (χ0) is 39.1. The summed E-state index contributed by atoms with van der Waals surface area (Å²) in [6, 6.07) is 12.7. The van der Waals surface area contributed by atoms with Crippen LogP contribution in [0, 0.1) is 29.3 Å². The first-order valence-corrected chi connectivity index (χ1v) is 20.3. The topological polar surface area (TPSA) is 125 Å². The lowest BCUT2D eigenvalue weighted by Crippen LogP contribution is -2.65. The summed E-state index contributed by atoms with van der Waals surface area (Å²) in [4.78, 5) is 29.0.